The zero-order valence-corrected chi connectivity index (χ0v) is 14.9. The first-order chi connectivity index (χ1) is 11.0. The number of benzene rings is 1. The molecular weight excluding hydrogens is 318 g/mol. The molecule has 1 N–H and O–H groups in total. The molecule has 0 spiro atoms. The summed E-state index contributed by atoms with van der Waals surface area (Å²) >= 11 is 0. The third-order valence-corrected chi connectivity index (χ3v) is 4.42. The van der Waals surface area contributed by atoms with Gasteiger partial charge in [-0.25, -0.2) is 13.1 Å². The van der Waals surface area contributed by atoms with Crippen LogP contribution in [0.5, 0.6) is 11.5 Å². The normalized spacial score (nSPS) is 11.4. The van der Waals surface area contributed by atoms with Crippen LogP contribution in [0.4, 0.5) is 0 Å². The highest BCUT2D eigenvalue weighted by Crippen LogP contribution is 2.30. The summed E-state index contributed by atoms with van der Waals surface area (Å²) in [6.45, 7) is 5.91. The van der Waals surface area contributed by atoms with Crippen LogP contribution < -0.4 is 14.2 Å². The molecule has 7 heteroatoms. The lowest BCUT2D eigenvalue weighted by Gasteiger charge is -2.14. The van der Waals surface area contributed by atoms with Gasteiger partial charge in [0.1, 0.15) is 0 Å². The third kappa shape index (κ3) is 6.76. The van der Waals surface area contributed by atoms with Crippen molar-refractivity contribution < 1.29 is 22.6 Å². The van der Waals surface area contributed by atoms with E-state index in [1.807, 2.05) is 13.8 Å². The molecule has 0 aliphatic heterocycles. The van der Waals surface area contributed by atoms with Crippen molar-refractivity contribution in [3.8, 4) is 11.5 Å². The fraction of sp³-hybridized carbons (Fsp3) is 0.625. The summed E-state index contributed by atoms with van der Waals surface area (Å²) in [5.74, 6) is 1.03. The lowest BCUT2D eigenvalue weighted by atomic mass is 10.3. The van der Waals surface area contributed by atoms with Crippen molar-refractivity contribution in [2.75, 3.05) is 33.5 Å². The number of sulfonamides is 1. The molecule has 1 aromatic carbocycles. The molecule has 0 saturated heterocycles. The topological polar surface area (TPSA) is 73.9 Å². The van der Waals surface area contributed by atoms with E-state index in [0.717, 1.165) is 12.8 Å². The fourth-order valence-corrected chi connectivity index (χ4v) is 2.91. The smallest absolute Gasteiger partial charge is 0.240 e. The third-order valence-electron chi connectivity index (χ3n) is 2.97. The molecule has 0 atom stereocenters. The Morgan fingerprint density at radius 1 is 1.00 bits per heavy atom. The minimum atomic E-state index is -3.57. The van der Waals surface area contributed by atoms with Gasteiger partial charge in [0.05, 0.1) is 18.1 Å². The first-order valence-electron chi connectivity index (χ1n) is 7.93. The maximum absolute atomic E-state index is 12.3. The average molecular weight is 345 g/mol. The van der Waals surface area contributed by atoms with E-state index < -0.39 is 10.0 Å². The molecule has 0 heterocycles. The van der Waals surface area contributed by atoms with Crippen LogP contribution in [0.15, 0.2) is 23.1 Å². The van der Waals surface area contributed by atoms with Gasteiger partial charge in [0, 0.05) is 26.3 Å². The highest BCUT2D eigenvalue weighted by molar-refractivity contribution is 7.89. The number of nitrogens with one attached hydrogen (secondary N) is 1. The summed E-state index contributed by atoms with van der Waals surface area (Å²) in [4.78, 5) is 0.171. The number of methoxy groups -OCH3 is 1. The molecule has 1 aromatic rings. The number of hydrogen-bond acceptors (Lipinski definition) is 5. The molecule has 0 saturated carbocycles. The zero-order chi connectivity index (χ0) is 17.1. The Bertz CT molecular complexity index is 560. The standard InChI is InChI=1S/C16H27NO5S/c1-4-10-21-15-8-7-14(13-16(15)22-11-5-2)23(18,19)17-9-6-12-20-3/h7-8,13,17H,4-6,9-12H2,1-3H3. The minimum Gasteiger partial charge on any atom is -0.490 e. The summed E-state index contributed by atoms with van der Waals surface area (Å²) in [6.07, 6.45) is 2.32. The van der Waals surface area contributed by atoms with Crippen molar-refractivity contribution in [2.24, 2.45) is 0 Å². The number of ether oxygens (including phenoxy) is 3. The summed E-state index contributed by atoms with van der Waals surface area (Å²) in [5, 5.41) is 0. The van der Waals surface area contributed by atoms with Crippen molar-refractivity contribution in [1.82, 2.24) is 4.72 Å². The van der Waals surface area contributed by atoms with Crippen LogP contribution in [-0.2, 0) is 14.8 Å². The first kappa shape index (κ1) is 19.7. The zero-order valence-electron chi connectivity index (χ0n) is 14.1. The van der Waals surface area contributed by atoms with Gasteiger partial charge in [-0.1, -0.05) is 13.8 Å². The average Bonchev–Trinajstić information content (AvgIpc) is 2.55. The minimum absolute atomic E-state index is 0.171. The fourth-order valence-electron chi connectivity index (χ4n) is 1.82. The van der Waals surface area contributed by atoms with Gasteiger partial charge in [-0.05, 0) is 31.4 Å². The predicted octanol–water partition coefficient (Wildman–Crippen LogP) is 2.58. The van der Waals surface area contributed by atoms with E-state index in [1.165, 1.54) is 12.1 Å². The first-order valence-corrected chi connectivity index (χ1v) is 9.41. The second-order valence-electron chi connectivity index (χ2n) is 5.05. The van der Waals surface area contributed by atoms with E-state index in [-0.39, 0.29) is 4.90 Å². The van der Waals surface area contributed by atoms with Gasteiger partial charge in [-0.2, -0.15) is 0 Å². The van der Waals surface area contributed by atoms with Crippen LogP contribution in [0, 0.1) is 0 Å². The van der Waals surface area contributed by atoms with Gasteiger partial charge in [0.2, 0.25) is 10.0 Å². The van der Waals surface area contributed by atoms with Crippen molar-refractivity contribution in [3.05, 3.63) is 18.2 Å². The van der Waals surface area contributed by atoms with Crippen molar-refractivity contribution in [1.29, 1.82) is 0 Å². The molecule has 0 aliphatic rings. The van der Waals surface area contributed by atoms with E-state index in [2.05, 4.69) is 4.72 Å². The van der Waals surface area contributed by atoms with Gasteiger partial charge in [-0.3, -0.25) is 0 Å². The monoisotopic (exact) mass is 345 g/mol. The molecule has 0 fully saturated rings. The van der Waals surface area contributed by atoms with E-state index in [9.17, 15) is 8.42 Å². The summed E-state index contributed by atoms with van der Waals surface area (Å²) in [6, 6.07) is 4.69. The Labute approximate surface area is 139 Å². The Morgan fingerprint density at radius 3 is 2.26 bits per heavy atom. The van der Waals surface area contributed by atoms with Crippen LogP contribution in [0.3, 0.4) is 0 Å². The van der Waals surface area contributed by atoms with Gasteiger partial charge in [-0.15, -0.1) is 0 Å². The Kier molecular flexibility index (Phi) is 8.98. The molecule has 1 rings (SSSR count). The highest BCUT2D eigenvalue weighted by atomic mass is 32.2. The lowest BCUT2D eigenvalue weighted by molar-refractivity contribution is 0.196. The summed E-state index contributed by atoms with van der Waals surface area (Å²) < 4.78 is 43.3. The summed E-state index contributed by atoms with van der Waals surface area (Å²) in [5.41, 5.74) is 0. The molecule has 23 heavy (non-hydrogen) atoms. The molecule has 0 aliphatic carbocycles. The second kappa shape index (κ2) is 10.5. The van der Waals surface area contributed by atoms with Crippen LogP contribution in [0.1, 0.15) is 33.1 Å². The van der Waals surface area contributed by atoms with Gasteiger partial charge in [0.25, 0.3) is 0 Å². The highest BCUT2D eigenvalue weighted by Gasteiger charge is 2.17. The van der Waals surface area contributed by atoms with E-state index in [4.69, 9.17) is 14.2 Å². The molecule has 0 amide bonds. The van der Waals surface area contributed by atoms with E-state index in [0.29, 0.717) is 44.3 Å². The van der Waals surface area contributed by atoms with Crippen molar-refractivity contribution in [3.63, 3.8) is 0 Å². The van der Waals surface area contributed by atoms with Gasteiger partial charge >= 0.3 is 0 Å². The van der Waals surface area contributed by atoms with E-state index in [1.54, 1.807) is 13.2 Å². The molecule has 0 aromatic heterocycles. The number of hydrogen-bond donors (Lipinski definition) is 1. The predicted molar refractivity (Wildman–Crippen MR) is 89.7 cm³/mol. The molecule has 0 radical (unpaired) electrons. The maximum atomic E-state index is 12.3. The van der Waals surface area contributed by atoms with Gasteiger partial charge < -0.3 is 14.2 Å². The SMILES string of the molecule is CCCOc1ccc(S(=O)(=O)NCCCOC)cc1OCCC. The van der Waals surface area contributed by atoms with Crippen LogP contribution >= 0.6 is 0 Å². The van der Waals surface area contributed by atoms with Crippen molar-refractivity contribution in [2.45, 2.75) is 38.0 Å². The molecule has 0 bridgehead atoms. The molecule has 6 nitrogen and oxygen atoms in total. The Morgan fingerprint density at radius 2 is 1.65 bits per heavy atom. The van der Waals surface area contributed by atoms with Gasteiger partial charge in [0.15, 0.2) is 11.5 Å². The second-order valence-corrected chi connectivity index (χ2v) is 6.82. The van der Waals surface area contributed by atoms with Crippen LogP contribution in [0.25, 0.3) is 0 Å². The Balaban J connectivity index is 2.88. The molecule has 0 unspecified atom stereocenters. The number of rotatable bonds is 12. The molecular formula is C16H27NO5S. The Hall–Kier alpha value is -1.31. The van der Waals surface area contributed by atoms with Crippen LogP contribution in [0.2, 0.25) is 0 Å². The largest absolute Gasteiger partial charge is 0.490 e. The van der Waals surface area contributed by atoms with Crippen LogP contribution in [-0.4, -0.2) is 41.9 Å². The maximum Gasteiger partial charge on any atom is 0.240 e. The summed E-state index contributed by atoms with van der Waals surface area (Å²) in [7, 11) is -1.98. The quantitative estimate of drug-likeness (QED) is 0.589. The van der Waals surface area contributed by atoms with Crippen molar-refractivity contribution >= 4 is 10.0 Å². The van der Waals surface area contributed by atoms with E-state index >= 15 is 0 Å². The molecule has 132 valence electrons. The lowest BCUT2D eigenvalue weighted by Crippen LogP contribution is -2.25.